The average molecular weight is 222 g/mol. The Kier molecular flexibility index (Phi) is 4.20. The highest BCUT2D eigenvalue weighted by atomic mass is 16.5. The van der Waals surface area contributed by atoms with Crippen LogP contribution in [0.5, 0.6) is 5.75 Å². The summed E-state index contributed by atoms with van der Waals surface area (Å²) in [6.45, 7) is -0.476. The lowest BCUT2D eigenvalue weighted by molar-refractivity contribution is -0.140. The van der Waals surface area contributed by atoms with E-state index in [4.69, 9.17) is 15.7 Å². The molecule has 0 saturated carbocycles. The van der Waals surface area contributed by atoms with Crippen molar-refractivity contribution in [3.8, 4) is 5.75 Å². The fraction of sp³-hybridized carbons (Fsp3) is 0.200. The first-order valence-electron chi connectivity index (χ1n) is 4.48. The Morgan fingerprint density at radius 1 is 1.38 bits per heavy atom. The van der Waals surface area contributed by atoms with Crippen LogP contribution in [0.1, 0.15) is 5.56 Å². The van der Waals surface area contributed by atoms with Crippen molar-refractivity contribution in [1.82, 2.24) is 0 Å². The fourth-order valence-electron chi connectivity index (χ4n) is 1.04. The molecule has 1 rings (SSSR count). The molecule has 6 heteroatoms. The molecule has 0 unspecified atom stereocenters. The number of carbonyl (C=O) groups excluding carboxylic acids is 1. The molecular weight excluding hydrogens is 212 g/mol. The monoisotopic (exact) mass is 222 g/mol. The van der Waals surface area contributed by atoms with Crippen LogP contribution in [0.3, 0.4) is 0 Å². The first kappa shape index (κ1) is 11.9. The number of aliphatic hydroxyl groups is 1. The molecule has 0 saturated heterocycles. The average Bonchev–Trinajstić information content (AvgIpc) is 2.30. The Labute approximate surface area is 91.3 Å². The summed E-state index contributed by atoms with van der Waals surface area (Å²) in [5.41, 5.74) is 8.71. The Bertz CT molecular complexity index is 421. The lowest BCUT2D eigenvalue weighted by Gasteiger charge is -1.99. The summed E-state index contributed by atoms with van der Waals surface area (Å²) < 4.78 is 4.59. The minimum absolute atomic E-state index is 0.0322. The van der Waals surface area contributed by atoms with Gasteiger partial charge in [-0.15, -0.1) is 0 Å². The molecule has 0 aliphatic rings. The zero-order chi connectivity index (χ0) is 12.0. The number of aromatic hydroxyl groups is 1. The summed E-state index contributed by atoms with van der Waals surface area (Å²) in [5, 5.41) is 17.5. The van der Waals surface area contributed by atoms with Crippen molar-refractivity contribution < 1.29 is 24.5 Å². The number of esters is 1. The van der Waals surface area contributed by atoms with Gasteiger partial charge in [0.05, 0.1) is 12.2 Å². The highest BCUT2D eigenvalue weighted by molar-refractivity contribution is 6.40. The summed E-state index contributed by atoms with van der Waals surface area (Å²) in [7, 11) is 0. The molecule has 0 aliphatic heterocycles. The Morgan fingerprint density at radius 2 is 2.00 bits per heavy atom. The number of phenols is 1. The van der Waals surface area contributed by atoms with Gasteiger partial charge in [-0.2, -0.15) is 4.79 Å². The molecule has 0 radical (unpaired) electrons. The van der Waals surface area contributed by atoms with E-state index in [1.54, 1.807) is 0 Å². The maximum Gasteiger partial charge on any atom is 0.422 e. The van der Waals surface area contributed by atoms with Gasteiger partial charge in [-0.05, 0) is 24.3 Å². The summed E-state index contributed by atoms with van der Waals surface area (Å²) in [6.07, 6.45) is 0. The highest BCUT2D eigenvalue weighted by Crippen LogP contribution is 2.10. The Hall–Kier alpha value is -2.17. The van der Waals surface area contributed by atoms with Crippen molar-refractivity contribution in [2.45, 2.75) is 0 Å². The molecule has 0 amide bonds. The number of rotatable bonds is 4. The molecule has 6 nitrogen and oxygen atoms in total. The Balaban J connectivity index is 2.87. The lowest BCUT2D eigenvalue weighted by Crippen LogP contribution is -2.21. The van der Waals surface area contributed by atoms with E-state index in [1.165, 1.54) is 24.3 Å². The van der Waals surface area contributed by atoms with Crippen molar-refractivity contribution in [3.05, 3.63) is 35.4 Å². The molecule has 0 aromatic heterocycles. The third-order valence-electron chi connectivity index (χ3n) is 1.76. The zero-order valence-electron chi connectivity index (χ0n) is 8.33. The first-order valence-corrected chi connectivity index (χ1v) is 4.48. The van der Waals surface area contributed by atoms with Crippen LogP contribution in [0.25, 0.3) is 5.53 Å². The highest BCUT2D eigenvalue weighted by Gasteiger charge is 2.24. The third-order valence-corrected chi connectivity index (χ3v) is 1.76. The quantitative estimate of drug-likeness (QED) is 0.322. The molecule has 0 bridgehead atoms. The lowest BCUT2D eigenvalue weighted by atomic mass is 10.1. The van der Waals surface area contributed by atoms with Gasteiger partial charge in [0.1, 0.15) is 12.4 Å². The van der Waals surface area contributed by atoms with E-state index < -0.39 is 5.97 Å². The minimum Gasteiger partial charge on any atom is -0.508 e. The maximum absolute atomic E-state index is 11.3. The van der Waals surface area contributed by atoms with Crippen molar-refractivity contribution in [1.29, 1.82) is 0 Å². The van der Waals surface area contributed by atoms with E-state index in [1.807, 2.05) is 0 Å². The summed E-state index contributed by atoms with van der Waals surface area (Å²) >= 11 is 0. The number of phenolic OH excluding ortho intramolecular Hbond substituents is 1. The van der Waals surface area contributed by atoms with Gasteiger partial charge in [-0.3, -0.25) is 0 Å². The van der Waals surface area contributed by atoms with Gasteiger partial charge >= 0.3 is 11.7 Å². The molecule has 0 spiro atoms. The number of hydrogen-bond acceptors (Lipinski definition) is 4. The predicted octanol–water partition coefficient (Wildman–Crippen LogP) is -0.0534. The van der Waals surface area contributed by atoms with Gasteiger partial charge in [0.2, 0.25) is 0 Å². The molecule has 84 valence electrons. The standard InChI is InChI=1S/C10H10N2O4/c11-12-9(10(15)16-6-5-13)7-1-3-8(14)4-2-7/h1-4,13-14H,5-6H2. The molecule has 2 N–H and O–H groups in total. The Morgan fingerprint density at radius 3 is 2.50 bits per heavy atom. The summed E-state index contributed by atoms with van der Waals surface area (Å²) in [6, 6.07) is 5.51. The molecule has 0 heterocycles. The number of aliphatic hydroxyl groups excluding tert-OH is 1. The number of nitrogens with zero attached hydrogens (tertiary/aromatic N) is 2. The van der Waals surface area contributed by atoms with Gasteiger partial charge in [0.15, 0.2) is 0 Å². The normalized spacial score (nSPS) is 9.31. The van der Waals surface area contributed by atoms with Crippen molar-refractivity contribution in [3.63, 3.8) is 0 Å². The number of benzene rings is 1. The van der Waals surface area contributed by atoms with E-state index in [9.17, 15) is 4.79 Å². The van der Waals surface area contributed by atoms with Gasteiger partial charge < -0.3 is 20.5 Å². The molecule has 0 aliphatic carbocycles. The van der Waals surface area contributed by atoms with E-state index in [0.29, 0.717) is 5.56 Å². The number of carbonyl (C=O) groups is 1. The third kappa shape index (κ3) is 2.91. The van der Waals surface area contributed by atoms with Crippen LogP contribution in [-0.4, -0.2) is 39.9 Å². The van der Waals surface area contributed by atoms with E-state index >= 15 is 0 Å². The summed E-state index contributed by atoms with van der Waals surface area (Å²) in [4.78, 5) is 14.2. The van der Waals surface area contributed by atoms with Crippen LogP contribution >= 0.6 is 0 Å². The number of ether oxygens (including phenoxy) is 1. The minimum atomic E-state index is -0.845. The second-order valence-corrected chi connectivity index (χ2v) is 2.86. The van der Waals surface area contributed by atoms with E-state index in [0.717, 1.165) is 0 Å². The van der Waals surface area contributed by atoms with Crippen LogP contribution in [0.2, 0.25) is 0 Å². The van der Waals surface area contributed by atoms with Gasteiger partial charge in [-0.1, -0.05) is 0 Å². The van der Waals surface area contributed by atoms with Crippen LogP contribution in [-0.2, 0) is 9.53 Å². The summed E-state index contributed by atoms with van der Waals surface area (Å²) in [5.74, 6) is -0.813. The molecule has 1 aromatic rings. The second-order valence-electron chi connectivity index (χ2n) is 2.86. The maximum atomic E-state index is 11.3. The largest absolute Gasteiger partial charge is 0.508 e. The van der Waals surface area contributed by atoms with Crippen molar-refractivity contribution in [2.24, 2.45) is 0 Å². The topological polar surface area (TPSA) is 103 Å². The molecule has 0 atom stereocenters. The van der Waals surface area contributed by atoms with Crippen LogP contribution < -0.4 is 0 Å². The van der Waals surface area contributed by atoms with Crippen LogP contribution in [0, 0.1) is 0 Å². The smallest absolute Gasteiger partial charge is 0.422 e. The van der Waals surface area contributed by atoms with Crippen LogP contribution in [0.4, 0.5) is 0 Å². The fourth-order valence-corrected chi connectivity index (χ4v) is 1.04. The van der Waals surface area contributed by atoms with Crippen molar-refractivity contribution in [2.75, 3.05) is 13.2 Å². The second kappa shape index (κ2) is 5.65. The first-order chi connectivity index (χ1) is 7.69. The predicted molar refractivity (Wildman–Crippen MR) is 53.9 cm³/mol. The van der Waals surface area contributed by atoms with Gasteiger partial charge in [0.25, 0.3) is 0 Å². The van der Waals surface area contributed by atoms with Crippen molar-refractivity contribution >= 4 is 11.7 Å². The van der Waals surface area contributed by atoms with Gasteiger partial charge in [0, 0.05) is 0 Å². The van der Waals surface area contributed by atoms with E-state index in [-0.39, 0.29) is 24.7 Å². The van der Waals surface area contributed by atoms with E-state index in [2.05, 4.69) is 9.53 Å². The molecule has 16 heavy (non-hydrogen) atoms. The number of hydrogen-bond donors (Lipinski definition) is 2. The zero-order valence-corrected chi connectivity index (χ0v) is 8.33. The molecule has 1 aromatic carbocycles. The molecule has 0 fully saturated rings. The van der Waals surface area contributed by atoms with Crippen LogP contribution in [0.15, 0.2) is 24.3 Å². The molecular formula is C10H10N2O4. The van der Waals surface area contributed by atoms with Gasteiger partial charge in [-0.25, -0.2) is 4.79 Å². The SMILES string of the molecule is [N-]=[N+]=C(C(=O)OCCO)c1ccc(O)cc1.